The molecule has 684 valence electrons. The van der Waals surface area contributed by atoms with Gasteiger partial charge in [-0.1, -0.05) is 90.6 Å². The van der Waals surface area contributed by atoms with Crippen LogP contribution in [0.1, 0.15) is 111 Å². The topological polar surface area (TPSA) is 597 Å². The van der Waals surface area contributed by atoms with E-state index in [2.05, 4.69) is 68.7 Å². The summed E-state index contributed by atoms with van der Waals surface area (Å²) in [7, 11) is 1.47. The summed E-state index contributed by atoms with van der Waals surface area (Å²) >= 11 is 26.6. The number of aliphatic hydroxyl groups is 6. The van der Waals surface area contributed by atoms with Crippen molar-refractivity contribution >= 4 is 111 Å². The Labute approximate surface area is 753 Å². The predicted octanol–water partition coefficient (Wildman–Crippen LogP) is 2.94. The number of hydrazine groups is 1. The first-order valence-electron chi connectivity index (χ1n) is 40.3. The van der Waals surface area contributed by atoms with Gasteiger partial charge in [-0.15, -0.1) is 0 Å². The zero-order valence-electron chi connectivity index (χ0n) is 69.0. The fraction of sp³-hybridized carbons (Fsp3) is 0.365. The fourth-order valence-corrected chi connectivity index (χ4v) is 16.2. The van der Waals surface area contributed by atoms with Crippen molar-refractivity contribution in [1.82, 2.24) is 62.5 Å². The molecular weight excluding hydrogens is 1770 g/mol. The van der Waals surface area contributed by atoms with Crippen molar-refractivity contribution in [3.63, 3.8) is 0 Å². The van der Waals surface area contributed by atoms with Crippen molar-refractivity contribution in [2.45, 2.75) is 169 Å². The second-order valence-corrected chi connectivity index (χ2v) is 33.4. The summed E-state index contributed by atoms with van der Waals surface area (Å²) in [6, 6.07) is 10.2. The van der Waals surface area contributed by atoms with E-state index in [0.29, 0.717) is 10.6 Å². The van der Waals surface area contributed by atoms with Gasteiger partial charge in [-0.05, 0) is 152 Å². The van der Waals surface area contributed by atoms with Crippen LogP contribution in [0.15, 0.2) is 139 Å². The molecule has 22 N–H and O–H groups in total. The smallest absolute Gasteiger partial charge is 0.349 e. The number of benzene rings is 6. The summed E-state index contributed by atoms with van der Waals surface area (Å²) in [5, 5.41) is 131. The van der Waals surface area contributed by atoms with Gasteiger partial charge in [0.25, 0.3) is 5.91 Å². The van der Waals surface area contributed by atoms with Crippen LogP contribution < -0.4 is 84.3 Å². The molecule has 0 unspecified atom stereocenters. The molecule has 2 fully saturated rings. The van der Waals surface area contributed by atoms with E-state index in [0.717, 1.165) is 66.7 Å². The highest BCUT2D eigenvalue weighted by Gasteiger charge is 2.52. The Kier molecular flexibility index (Phi) is 29.5. The number of amides is 9. The first kappa shape index (κ1) is 94.5. The van der Waals surface area contributed by atoms with Gasteiger partial charge < -0.3 is 128 Å². The van der Waals surface area contributed by atoms with Gasteiger partial charge in [0.05, 0.1) is 57.8 Å². The van der Waals surface area contributed by atoms with E-state index in [1.54, 1.807) is 25.1 Å². The molecule has 8 aromatic rings. The van der Waals surface area contributed by atoms with Crippen LogP contribution in [-0.2, 0) is 70.3 Å². The number of aromatic hydroxyl groups is 3. The number of rotatable bonds is 22. The number of fused-ring (bicyclic) bond motifs is 15. The maximum Gasteiger partial charge on any atom is 0.349 e. The van der Waals surface area contributed by atoms with Crippen molar-refractivity contribution in [3.8, 4) is 57.1 Å². The highest BCUT2D eigenvalue weighted by Crippen LogP contribution is 2.50. The quantitative estimate of drug-likeness (QED) is 0.0434. The lowest BCUT2D eigenvalue weighted by Crippen LogP contribution is -2.65. The third-order valence-corrected chi connectivity index (χ3v) is 23.4. The maximum absolute atomic E-state index is 16.4. The zero-order chi connectivity index (χ0) is 92.9. The van der Waals surface area contributed by atoms with E-state index in [9.17, 15) is 69.9 Å². The number of halogens is 4. The average Bonchev–Trinajstić information content (AvgIpc) is 0.764. The van der Waals surface area contributed by atoms with Crippen molar-refractivity contribution in [2.75, 3.05) is 30.9 Å². The van der Waals surface area contributed by atoms with Crippen molar-refractivity contribution in [1.29, 1.82) is 0 Å². The number of hydrogen-bond donors (Lipinski definition) is 21. The third kappa shape index (κ3) is 21.6. The normalized spacial score (nSPS) is 25.4. The number of phenolic OH excluding ortho intramolecular Hbond substituents is 3. The summed E-state index contributed by atoms with van der Waals surface area (Å²) in [6.45, 7) is 5.58. The van der Waals surface area contributed by atoms with E-state index in [4.69, 9.17) is 80.6 Å². The summed E-state index contributed by atoms with van der Waals surface area (Å²) in [5.74, 6) is -16.0. The largest absolute Gasteiger partial charge is 0.508 e. The van der Waals surface area contributed by atoms with Crippen molar-refractivity contribution < 1.29 is 118 Å². The number of aliphatic hydroxyl groups excluding tert-OH is 6. The number of hydrogen-bond acceptors (Lipinski definition) is 30. The minimum atomic E-state index is -2.40. The number of nitrogens with one attached hydrogen (secondary N) is 11. The molecule has 9 heterocycles. The first-order valence-corrected chi connectivity index (χ1v) is 41.8. The molecule has 9 amide bonds. The molecule has 11 bridgehead atoms. The standard InChI is InChI=1S/C85H91Cl4N15O25/c1-35(2)22-49(91-5)76(116)100-67-69(111)39-11-15-53(47(88)26-39)125-55-28-41-29-56(73(55)129-83-74(72(114)71(113)57(34-105)127-83)128-62-33-85(4,75(115)36(3)124-62)93-19-21-104-20-17-60(96-84(104)123)95-61(110)24-37-9-13-45(86)46(87)23-37)126-54-16-12-40(27-48(54)89)70(112)68-81(121)99-66(82(122)103-102-59-8-6-7-18-92-59)44-30-42(106)31-52(108)63(44)43-25-38(10-14-51(43)107)64(78(118)101-68)98-79(119)65(41)97-77(117)50(32-58(90)109)94-80(67)120/h6-18,20,23,25-31,35-36,49-50,57,62,64-72,74-75,83,91,93,105-108,111-115H,19,21-22,24,32-34H2,1-5H3,(H2,90,109)(H,92,102)(H,94,120)(H,97,117)(H,98,119)(H,99,121)(H,100,116)(H,101,118)(H,103,122)(H,95,96,110,123)/t36-,49+,50-,57+,62-,64+,65+,66+,67+,68-,69+,70+,71+,72-,74+,75+,83-,85-/m0/s1. The number of anilines is 2. The number of likely N-dealkylation sites (N-methyl/N-ethyl adjacent to an activating group) is 1. The van der Waals surface area contributed by atoms with Gasteiger partial charge in [0.1, 0.15) is 107 Å². The number of primary amides is 1. The van der Waals surface area contributed by atoms with Crippen LogP contribution in [0.4, 0.5) is 11.6 Å². The molecule has 0 aliphatic carbocycles. The molecule has 7 aliphatic rings. The Bertz CT molecular complexity index is 5690. The van der Waals surface area contributed by atoms with Crippen LogP contribution in [0.2, 0.25) is 20.1 Å². The predicted molar refractivity (Wildman–Crippen MR) is 459 cm³/mol. The summed E-state index contributed by atoms with van der Waals surface area (Å²) < 4.78 is 40.7. The second-order valence-electron chi connectivity index (χ2n) is 31.8. The average molecular weight is 1860 g/mol. The maximum atomic E-state index is 16.4. The highest BCUT2D eigenvalue weighted by molar-refractivity contribution is 6.42. The Hall–Kier alpha value is -12.1. The first-order chi connectivity index (χ1) is 61.3. The SMILES string of the molecule is CN[C@H](CC(C)C)C(=O)N[C@H]1C(=O)N[C@@H](CC(N)=O)C(=O)N[C@H]2C(=O)N[C@H]3C(=O)N[C@H](C(=O)N[C@@H](C(=O)NNc4ccccn4)c4cc(O)cc(O)c4-c4cc3ccc4O)[C@H](O)c3ccc(c(Cl)c3)Oc3cc2cc(c3O[C@@H]2O[C@H](CO)[C@@H](O)[C@H](O)[C@H]2O[C@H]2C[C@](C)(NCCn3ccc(NC(=O)Cc4ccc(Cl)c(Cl)c4)nc3=O)[C@H](O)[C@H](C)O2)Oc2ccc(cc2Cl)[C@H]1O. The molecule has 0 spiro atoms. The van der Waals surface area contributed by atoms with Crippen LogP contribution in [0.25, 0.3) is 11.1 Å². The Balaban J connectivity index is 0.942. The molecule has 44 heteroatoms. The number of nitrogens with two attached hydrogens (primary N) is 1. The van der Waals surface area contributed by atoms with Crippen LogP contribution in [0.5, 0.6) is 46.0 Å². The van der Waals surface area contributed by atoms with Gasteiger partial charge in [-0.25, -0.2) is 9.78 Å². The molecule has 2 aromatic heterocycles. The van der Waals surface area contributed by atoms with Gasteiger partial charge >= 0.3 is 5.69 Å². The summed E-state index contributed by atoms with van der Waals surface area (Å²) in [5.41, 5.74) is 6.48. The lowest BCUT2D eigenvalue weighted by atomic mass is 9.85. The number of pyridine rings is 1. The molecule has 7 aliphatic heterocycles. The molecular formula is C85H91Cl4N15O25. The number of phenols is 3. The number of ether oxygens (including phenoxy) is 6. The molecule has 6 aromatic carbocycles. The summed E-state index contributed by atoms with van der Waals surface area (Å²) in [4.78, 5) is 155. The molecule has 0 radical (unpaired) electrons. The number of nitrogens with zero attached hydrogens (tertiary/aromatic N) is 3. The monoisotopic (exact) mass is 1860 g/mol. The summed E-state index contributed by atoms with van der Waals surface area (Å²) in [6.07, 6.45) is -17.0. The highest BCUT2D eigenvalue weighted by atomic mass is 35.5. The Morgan fingerprint density at radius 3 is 2.01 bits per heavy atom. The van der Waals surface area contributed by atoms with Crippen LogP contribution >= 0.6 is 46.4 Å². The Morgan fingerprint density at radius 2 is 1.36 bits per heavy atom. The van der Waals surface area contributed by atoms with Crippen LogP contribution in [0.3, 0.4) is 0 Å². The van der Waals surface area contributed by atoms with Gasteiger partial charge in [-0.3, -0.25) is 58.6 Å². The molecule has 129 heavy (non-hydrogen) atoms. The molecule has 15 rings (SSSR count). The molecule has 0 saturated carbocycles. The fourth-order valence-electron chi connectivity index (χ4n) is 15.4. The number of aromatic nitrogens is 3. The van der Waals surface area contributed by atoms with E-state index in [1.165, 1.54) is 67.3 Å². The number of carbonyl (C=O) groups excluding carboxylic acids is 9. The lowest BCUT2D eigenvalue weighted by molar-refractivity contribution is -0.334. The van der Waals surface area contributed by atoms with E-state index < -0.39 is 254 Å². The molecule has 18 atom stereocenters. The van der Waals surface area contributed by atoms with Gasteiger partial charge in [0.15, 0.2) is 23.9 Å². The van der Waals surface area contributed by atoms with Gasteiger partial charge in [-0.2, -0.15) is 4.98 Å². The minimum Gasteiger partial charge on any atom is -0.508 e. The minimum absolute atomic E-state index is 0.0423. The van der Waals surface area contributed by atoms with E-state index in [-0.39, 0.29) is 77.4 Å². The third-order valence-electron chi connectivity index (χ3n) is 22.1. The lowest BCUT2D eigenvalue weighted by Gasteiger charge is -2.48. The number of carbonyl (C=O) groups is 9. The van der Waals surface area contributed by atoms with E-state index in [1.807, 2.05) is 13.8 Å². The Morgan fingerprint density at radius 1 is 0.690 bits per heavy atom. The second kappa shape index (κ2) is 40.3. The van der Waals surface area contributed by atoms with Gasteiger partial charge in [0.2, 0.25) is 59.3 Å². The zero-order valence-corrected chi connectivity index (χ0v) is 72.1. The van der Waals surface area contributed by atoms with Crippen LogP contribution in [0, 0.1) is 5.92 Å². The van der Waals surface area contributed by atoms with Crippen molar-refractivity contribution in [3.05, 3.63) is 198 Å². The molecule has 40 nitrogen and oxygen atoms in total. The van der Waals surface area contributed by atoms with Gasteiger partial charge in [0, 0.05) is 54.6 Å². The van der Waals surface area contributed by atoms with Crippen molar-refractivity contribution in [2.24, 2.45) is 11.7 Å². The van der Waals surface area contributed by atoms with E-state index >= 15 is 24.0 Å². The van der Waals surface area contributed by atoms with Crippen LogP contribution in [-0.4, -0.2) is 213 Å². The molecule has 2 saturated heterocycles.